The van der Waals surface area contributed by atoms with Crippen molar-refractivity contribution in [3.63, 3.8) is 0 Å². The Bertz CT molecular complexity index is 290. The molecule has 0 aliphatic carbocycles. The molecule has 1 atom stereocenters. The minimum atomic E-state index is -0.535. The lowest BCUT2D eigenvalue weighted by Crippen LogP contribution is -2.39. The fourth-order valence-corrected chi connectivity index (χ4v) is 1.27. The van der Waals surface area contributed by atoms with Crippen molar-refractivity contribution < 1.29 is 4.79 Å². The smallest absolute Gasteiger partial charge is 0.217 e. The molecule has 0 saturated heterocycles. The monoisotopic (exact) mass is 176 g/mol. The Labute approximate surface area is 79.0 Å². The zero-order chi connectivity index (χ0) is 9.90. The first kappa shape index (κ1) is 9.78. The van der Waals surface area contributed by atoms with E-state index in [1.165, 1.54) is 6.92 Å². The first-order chi connectivity index (χ1) is 6.02. The number of carbonyl (C=O) groups excluding carboxylic acids is 1. The maximum atomic E-state index is 10.9. The first-order valence-corrected chi connectivity index (χ1v) is 4.22. The number of carbonyl (C=O) groups is 1. The summed E-state index contributed by atoms with van der Waals surface area (Å²) in [5, 5.41) is 2.79. The molecule has 0 aliphatic heterocycles. The Balaban J connectivity index is 2.87. The van der Waals surface area contributed by atoms with Gasteiger partial charge in [0.25, 0.3) is 0 Å². The summed E-state index contributed by atoms with van der Waals surface area (Å²) < 4.78 is 0. The van der Waals surface area contributed by atoms with Crippen LogP contribution < -0.4 is 5.32 Å². The van der Waals surface area contributed by atoms with Crippen LogP contribution in [0.25, 0.3) is 0 Å². The van der Waals surface area contributed by atoms with E-state index in [0.29, 0.717) is 0 Å². The van der Waals surface area contributed by atoms with Gasteiger partial charge in [-0.05, 0) is 19.4 Å². The van der Waals surface area contributed by atoms with Crippen LogP contribution in [0.15, 0.2) is 30.3 Å². The second kappa shape index (κ2) is 3.60. The molecule has 0 spiro atoms. The minimum absolute atomic E-state index is 0.0682. The normalized spacial score (nSPS) is 11.0. The molecule has 2 heteroatoms. The van der Waals surface area contributed by atoms with Crippen molar-refractivity contribution in [1.82, 2.24) is 5.32 Å². The van der Waals surface area contributed by atoms with Crippen LogP contribution >= 0.6 is 0 Å². The van der Waals surface area contributed by atoms with Crippen molar-refractivity contribution in [2.45, 2.75) is 19.4 Å². The third-order valence-corrected chi connectivity index (χ3v) is 1.86. The van der Waals surface area contributed by atoms with Crippen molar-refractivity contribution in [3.05, 3.63) is 42.8 Å². The number of hydrogen-bond acceptors (Lipinski definition) is 1. The van der Waals surface area contributed by atoms with Crippen LogP contribution in [0.1, 0.15) is 19.4 Å². The molecule has 1 rings (SSSR count). The van der Waals surface area contributed by atoms with Gasteiger partial charge in [-0.3, -0.25) is 4.79 Å². The van der Waals surface area contributed by atoms with E-state index in [2.05, 4.69) is 12.2 Å². The summed E-state index contributed by atoms with van der Waals surface area (Å²) in [5.74, 6) is -0.0682. The van der Waals surface area contributed by atoms with Gasteiger partial charge in [0.15, 0.2) is 0 Å². The quantitative estimate of drug-likeness (QED) is 0.732. The largest absolute Gasteiger partial charge is 0.347 e. The standard InChI is InChI=1S/C11H14NO/c1-9(13)12-11(2,3)10-7-5-4-6-8-10/h4-8H,2H2,1,3H3,(H,12,13). The Morgan fingerprint density at radius 2 is 1.92 bits per heavy atom. The molecular weight excluding hydrogens is 162 g/mol. The summed E-state index contributed by atoms with van der Waals surface area (Å²) in [4.78, 5) is 10.9. The van der Waals surface area contributed by atoms with Gasteiger partial charge in [-0.1, -0.05) is 30.3 Å². The van der Waals surface area contributed by atoms with E-state index in [9.17, 15) is 4.79 Å². The molecule has 1 N–H and O–H groups in total. The molecule has 1 aromatic rings. The average molecular weight is 176 g/mol. The van der Waals surface area contributed by atoms with Gasteiger partial charge < -0.3 is 5.32 Å². The van der Waals surface area contributed by atoms with Crippen LogP contribution in [0.5, 0.6) is 0 Å². The lowest BCUT2D eigenvalue weighted by molar-refractivity contribution is -0.120. The molecule has 0 saturated carbocycles. The maximum absolute atomic E-state index is 10.9. The molecule has 1 radical (unpaired) electrons. The third kappa shape index (κ3) is 2.58. The van der Waals surface area contributed by atoms with Crippen LogP contribution in [-0.4, -0.2) is 5.91 Å². The molecule has 0 aromatic heterocycles. The summed E-state index contributed by atoms with van der Waals surface area (Å²) in [7, 11) is 0. The molecule has 2 nitrogen and oxygen atoms in total. The second-order valence-electron chi connectivity index (χ2n) is 3.38. The molecular formula is C11H14NO. The molecule has 13 heavy (non-hydrogen) atoms. The van der Waals surface area contributed by atoms with Crippen molar-refractivity contribution >= 4 is 5.91 Å². The molecule has 1 unspecified atom stereocenters. The topological polar surface area (TPSA) is 29.1 Å². The van der Waals surface area contributed by atoms with Crippen molar-refractivity contribution in [1.29, 1.82) is 0 Å². The molecule has 0 aliphatic rings. The Morgan fingerprint density at radius 3 is 2.38 bits per heavy atom. The maximum Gasteiger partial charge on any atom is 0.217 e. The van der Waals surface area contributed by atoms with Gasteiger partial charge in [0.2, 0.25) is 5.91 Å². The highest BCUT2D eigenvalue weighted by Gasteiger charge is 2.20. The van der Waals surface area contributed by atoms with Crippen molar-refractivity contribution in [2.24, 2.45) is 0 Å². The van der Waals surface area contributed by atoms with Crippen LogP contribution in [0.4, 0.5) is 0 Å². The van der Waals surface area contributed by atoms with Crippen LogP contribution in [-0.2, 0) is 10.3 Å². The molecule has 0 heterocycles. The fourth-order valence-electron chi connectivity index (χ4n) is 1.27. The summed E-state index contributed by atoms with van der Waals surface area (Å²) in [6.45, 7) is 7.32. The van der Waals surface area contributed by atoms with Gasteiger partial charge in [-0.25, -0.2) is 0 Å². The number of amides is 1. The summed E-state index contributed by atoms with van der Waals surface area (Å²) in [5.41, 5.74) is 0.470. The number of rotatable bonds is 2. The van der Waals surface area contributed by atoms with Gasteiger partial charge in [-0.2, -0.15) is 0 Å². The van der Waals surface area contributed by atoms with E-state index >= 15 is 0 Å². The van der Waals surface area contributed by atoms with Crippen LogP contribution in [0.2, 0.25) is 0 Å². The van der Waals surface area contributed by atoms with Gasteiger partial charge in [0.05, 0.1) is 5.54 Å². The first-order valence-electron chi connectivity index (χ1n) is 4.22. The van der Waals surface area contributed by atoms with E-state index in [0.717, 1.165) is 5.56 Å². The molecule has 0 fully saturated rings. The average Bonchev–Trinajstić information content (AvgIpc) is 2.04. The fraction of sp³-hybridized carbons (Fsp3) is 0.273. The van der Waals surface area contributed by atoms with E-state index in [4.69, 9.17) is 0 Å². The minimum Gasteiger partial charge on any atom is -0.347 e. The molecule has 1 aromatic carbocycles. The lowest BCUT2D eigenvalue weighted by Gasteiger charge is -2.25. The van der Waals surface area contributed by atoms with Gasteiger partial charge in [0, 0.05) is 6.92 Å². The van der Waals surface area contributed by atoms with E-state index in [-0.39, 0.29) is 5.91 Å². The molecule has 0 bridgehead atoms. The van der Waals surface area contributed by atoms with Crippen molar-refractivity contribution in [3.8, 4) is 0 Å². The van der Waals surface area contributed by atoms with E-state index in [1.54, 1.807) is 0 Å². The number of nitrogens with one attached hydrogen (secondary N) is 1. The van der Waals surface area contributed by atoms with Gasteiger partial charge in [0.1, 0.15) is 0 Å². The zero-order valence-electron chi connectivity index (χ0n) is 8.00. The Morgan fingerprint density at radius 1 is 1.38 bits per heavy atom. The predicted octanol–water partition coefficient (Wildman–Crippen LogP) is 1.87. The number of hydrogen-bond donors (Lipinski definition) is 1. The van der Waals surface area contributed by atoms with Crippen LogP contribution in [0.3, 0.4) is 0 Å². The van der Waals surface area contributed by atoms with Gasteiger partial charge in [-0.15, -0.1) is 0 Å². The summed E-state index contributed by atoms with van der Waals surface area (Å²) >= 11 is 0. The highest BCUT2D eigenvalue weighted by Crippen LogP contribution is 2.18. The predicted molar refractivity (Wildman–Crippen MR) is 53.0 cm³/mol. The van der Waals surface area contributed by atoms with E-state index in [1.807, 2.05) is 37.3 Å². The van der Waals surface area contributed by atoms with Crippen molar-refractivity contribution in [2.75, 3.05) is 0 Å². The molecule has 69 valence electrons. The number of benzene rings is 1. The van der Waals surface area contributed by atoms with Crippen LogP contribution in [0, 0.1) is 6.92 Å². The third-order valence-electron chi connectivity index (χ3n) is 1.86. The Hall–Kier alpha value is -1.31. The summed E-state index contributed by atoms with van der Waals surface area (Å²) in [6, 6.07) is 9.69. The highest BCUT2D eigenvalue weighted by atomic mass is 16.1. The highest BCUT2D eigenvalue weighted by molar-refractivity contribution is 5.74. The molecule has 1 amide bonds. The lowest BCUT2D eigenvalue weighted by atomic mass is 9.94. The Kier molecular flexibility index (Phi) is 2.71. The summed E-state index contributed by atoms with van der Waals surface area (Å²) in [6.07, 6.45) is 0. The van der Waals surface area contributed by atoms with Gasteiger partial charge >= 0.3 is 0 Å². The second-order valence-corrected chi connectivity index (χ2v) is 3.38. The SMILES string of the molecule is [CH2]C(C)(NC(C)=O)c1ccccc1. The zero-order valence-corrected chi connectivity index (χ0v) is 8.00. The van der Waals surface area contributed by atoms with E-state index < -0.39 is 5.54 Å².